The largest absolute Gasteiger partial charge is 0.354 e. The second-order valence-corrected chi connectivity index (χ2v) is 6.37. The van der Waals surface area contributed by atoms with Crippen LogP contribution in [0.1, 0.15) is 43.8 Å². The summed E-state index contributed by atoms with van der Waals surface area (Å²) in [5.74, 6) is 1.04. The molecule has 0 bridgehead atoms. The lowest BCUT2D eigenvalue weighted by atomic mass is 9.97. The van der Waals surface area contributed by atoms with Crippen LogP contribution in [0, 0.1) is 0 Å². The SMILES string of the molecule is Cn1cnnc1[C@H]1CCCN(C(=O)N[C@H]2CCCCNC2=O)C1. The van der Waals surface area contributed by atoms with E-state index in [1.54, 1.807) is 11.2 Å². The molecular formula is C15H24N6O2. The predicted octanol–water partition coefficient (Wildman–Crippen LogP) is 0.373. The molecule has 2 fully saturated rings. The van der Waals surface area contributed by atoms with Gasteiger partial charge in [-0.25, -0.2) is 4.79 Å². The van der Waals surface area contributed by atoms with Crippen molar-refractivity contribution in [1.82, 2.24) is 30.3 Å². The maximum absolute atomic E-state index is 12.5. The molecule has 0 aromatic carbocycles. The third-order valence-electron chi connectivity index (χ3n) is 4.65. The smallest absolute Gasteiger partial charge is 0.318 e. The number of aromatic nitrogens is 3. The molecule has 0 saturated carbocycles. The molecular weight excluding hydrogens is 296 g/mol. The molecule has 2 N–H and O–H groups in total. The van der Waals surface area contributed by atoms with Gasteiger partial charge in [-0.15, -0.1) is 10.2 Å². The summed E-state index contributed by atoms with van der Waals surface area (Å²) >= 11 is 0. The molecule has 23 heavy (non-hydrogen) atoms. The average Bonchev–Trinajstić information content (AvgIpc) is 2.89. The van der Waals surface area contributed by atoms with Gasteiger partial charge in [-0.1, -0.05) is 0 Å². The van der Waals surface area contributed by atoms with Crippen LogP contribution in [-0.2, 0) is 11.8 Å². The van der Waals surface area contributed by atoms with Crippen molar-refractivity contribution in [1.29, 1.82) is 0 Å². The Morgan fingerprint density at radius 2 is 2.22 bits per heavy atom. The van der Waals surface area contributed by atoms with Crippen LogP contribution in [0.25, 0.3) is 0 Å². The molecule has 3 amide bonds. The van der Waals surface area contributed by atoms with Gasteiger partial charge >= 0.3 is 6.03 Å². The number of rotatable bonds is 2. The fourth-order valence-corrected chi connectivity index (χ4v) is 3.35. The van der Waals surface area contributed by atoms with Crippen molar-refractivity contribution in [2.75, 3.05) is 19.6 Å². The molecule has 0 aliphatic carbocycles. The lowest BCUT2D eigenvalue weighted by Gasteiger charge is -2.33. The molecule has 2 atom stereocenters. The minimum atomic E-state index is -0.416. The Balaban J connectivity index is 1.60. The van der Waals surface area contributed by atoms with Crippen LogP contribution in [0.15, 0.2) is 6.33 Å². The van der Waals surface area contributed by atoms with Crippen LogP contribution in [0.4, 0.5) is 4.79 Å². The van der Waals surface area contributed by atoms with E-state index in [1.807, 2.05) is 11.6 Å². The Morgan fingerprint density at radius 3 is 3.00 bits per heavy atom. The van der Waals surface area contributed by atoms with E-state index < -0.39 is 6.04 Å². The van der Waals surface area contributed by atoms with Gasteiger partial charge in [-0.3, -0.25) is 4.79 Å². The van der Waals surface area contributed by atoms with Gasteiger partial charge < -0.3 is 20.1 Å². The predicted molar refractivity (Wildman–Crippen MR) is 83.7 cm³/mol. The van der Waals surface area contributed by atoms with Gasteiger partial charge in [-0.2, -0.15) is 0 Å². The summed E-state index contributed by atoms with van der Waals surface area (Å²) < 4.78 is 1.91. The van der Waals surface area contributed by atoms with E-state index in [2.05, 4.69) is 20.8 Å². The van der Waals surface area contributed by atoms with Crippen molar-refractivity contribution in [2.24, 2.45) is 7.05 Å². The zero-order valence-corrected chi connectivity index (χ0v) is 13.5. The van der Waals surface area contributed by atoms with Gasteiger partial charge in [0.05, 0.1) is 0 Å². The van der Waals surface area contributed by atoms with Crippen molar-refractivity contribution >= 4 is 11.9 Å². The maximum Gasteiger partial charge on any atom is 0.318 e. The number of nitrogens with one attached hydrogen (secondary N) is 2. The van der Waals surface area contributed by atoms with Crippen molar-refractivity contribution in [2.45, 2.75) is 44.1 Å². The Morgan fingerprint density at radius 1 is 1.35 bits per heavy atom. The van der Waals surface area contributed by atoms with Crippen LogP contribution in [0.3, 0.4) is 0 Å². The number of hydrogen-bond acceptors (Lipinski definition) is 4. The standard InChI is InChI=1S/C15H24N6O2/c1-20-10-17-19-13(20)11-5-4-8-21(9-11)15(23)18-12-6-2-3-7-16-14(12)22/h10-12H,2-9H2,1H3,(H,16,22)(H,18,23)/t11-,12-/m0/s1. The summed E-state index contributed by atoms with van der Waals surface area (Å²) in [6.45, 7) is 2.03. The molecule has 1 aromatic heterocycles. The van der Waals surface area contributed by atoms with E-state index >= 15 is 0 Å². The van der Waals surface area contributed by atoms with Gasteiger partial charge in [0.2, 0.25) is 5.91 Å². The van der Waals surface area contributed by atoms with E-state index in [0.29, 0.717) is 26.1 Å². The number of carbonyl (C=O) groups excluding carboxylic acids is 2. The van der Waals surface area contributed by atoms with Crippen molar-refractivity contribution < 1.29 is 9.59 Å². The monoisotopic (exact) mass is 320 g/mol. The molecule has 0 radical (unpaired) electrons. The number of piperidine rings is 1. The fraction of sp³-hybridized carbons (Fsp3) is 0.733. The second kappa shape index (κ2) is 6.97. The van der Waals surface area contributed by atoms with Crippen molar-refractivity contribution in [3.8, 4) is 0 Å². The average molecular weight is 320 g/mol. The molecule has 1 aromatic rings. The fourth-order valence-electron chi connectivity index (χ4n) is 3.35. The highest BCUT2D eigenvalue weighted by atomic mass is 16.2. The summed E-state index contributed by atoms with van der Waals surface area (Å²) in [6.07, 6.45) is 6.24. The number of carbonyl (C=O) groups is 2. The number of amides is 3. The van der Waals surface area contributed by atoms with Gasteiger partial charge in [0.15, 0.2) is 0 Å². The third kappa shape index (κ3) is 3.62. The van der Waals surface area contributed by atoms with Crippen LogP contribution in [0.2, 0.25) is 0 Å². The van der Waals surface area contributed by atoms with E-state index in [-0.39, 0.29) is 17.9 Å². The molecule has 8 nitrogen and oxygen atoms in total. The van der Waals surface area contributed by atoms with Gasteiger partial charge in [0, 0.05) is 32.6 Å². The quantitative estimate of drug-likeness (QED) is 0.823. The van der Waals surface area contributed by atoms with Crippen LogP contribution in [-0.4, -0.2) is 57.3 Å². The van der Waals surface area contributed by atoms with Gasteiger partial charge in [0.1, 0.15) is 18.2 Å². The third-order valence-corrected chi connectivity index (χ3v) is 4.65. The van der Waals surface area contributed by atoms with Crippen LogP contribution < -0.4 is 10.6 Å². The number of hydrogen-bond donors (Lipinski definition) is 2. The van der Waals surface area contributed by atoms with Gasteiger partial charge in [0.25, 0.3) is 0 Å². The Hall–Kier alpha value is -2.12. The van der Waals surface area contributed by atoms with E-state index in [0.717, 1.165) is 31.5 Å². The maximum atomic E-state index is 12.5. The number of urea groups is 1. The molecule has 3 heterocycles. The lowest BCUT2D eigenvalue weighted by Crippen LogP contribution is -2.52. The van der Waals surface area contributed by atoms with Crippen molar-refractivity contribution in [3.63, 3.8) is 0 Å². The first-order valence-electron chi connectivity index (χ1n) is 8.32. The molecule has 126 valence electrons. The number of aryl methyl sites for hydroxylation is 1. The zero-order chi connectivity index (χ0) is 16.2. The minimum Gasteiger partial charge on any atom is -0.354 e. The van der Waals surface area contributed by atoms with Gasteiger partial charge in [-0.05, 0) is 32.1 Å². The summed E-state index contributed by atoms with van der Waals surface area (Å²) in [5, 5.41) is 13.8. The Bertz CT molecular complexity index is 572. The summed E-state index contributed by atoms with van der Waals surface area (Å²) in [4.78, 5) is 26.3. The topological polar surface area (TPSA) is 92.2 Å². The van der Waals surface area contributed by atoms with E-state index in [4.69, 9.17) is 0 Å². The summed E-state index contributed by atoms with van der Waals surface area (Å²) in [6, 6.07) is -0.570. The Labute approximate surface area is 135 Å². The highest BCUT2D eigenvalue weighted by molar-refractivity contribution is 5.87. The number of nitrogens with zero attached hydrogens (tertiary/aromatic N) is 4. The highest BCUT2D eigenvalue weighted by Gasteiger charge is 2.30. The van der Waals surface area contributed by atoms with Crippen LogP contribution in [0.5, 0.6) is 0 Å². The van der Waals surface area contributed by atoms with Crippen LogP contribution >= 0.6 is 0 Å². The highest BCUT2D eigenvalue weighted by Crippen LogP contribution is 2.25. The minimum absolute atomic E-state index is 0.0716. The molecule has 2 aliphatic rings. The normalized spacial score (nSPS) is 25.6. The molecule has 8 heteroatoms. The molecule has 0 unspecified atom stereocenters. The summed E-state index contributed by atoms with van der Waals surface area (Å²) in [5.41, 5.74) is 0. The van der Waals surface area contributed by atoms with E-state index in [1.165, 1.54) is 0 Å². The lowest BCUT2D eigenvalue weighted by molar-refractivity contribution is -0.122. The molecule has 2 saturated heterocycles. The summed E-state index contributed by atoms with van der Waals surface area (Å²) in [7, 11) is 1.92. The van der Waals surface area contributed by atoms with E-state index in [9.17, 15) is 9.59 Å². The zero-order valence-electron chi connectivity index (χ0n) is 13.5. The van der Waals surface area contributed by atoms with Crippen molar-refractivity contribution in [3.05, 3.63) is 12.2 Å². The first-order chi connectivity index (χ1) is 11.1. The number of likely N-dealkylation sites (tertiary alicyclic amines) is 1. The Kier molecular flexibility index (Phi) is 4.78. The first kappa shape index (κ1) is 15.8. The molecule has 2 aliphatic heterocycles. The second-order valence-electron chi connectivity index (χ2n) is 6.37. The molecule has 3 rings (SSSR count). The first-order valence-corrected chi connectivity index (χ1v) is 8.32. The molecule has 0 spiro atoms.